The first kappa shape index (κ1) is 10.4. The van der Waals surface area contributed by atoms with Gasteiger partial charge in [-0.1, -0.05) is 39.4 Å². The number of halogens is 2. The topological polar surface area (TPSA) is 9.23 Å². The molecule has 1 aromatic carbocycles. The molecular formula is C10H8BrClO. The monoisotopic (exact) mass is 258 g/mol. The molecule has 3 heteroatoms. The van der Waals surface area contributed by atoms with Gasteiger partial charge in [-0.3, -0.25) is 0 Å². The standard InChI is InChI=1S/C10H8BrClO/c1-13-10-7-8(3-2-6-11)4-5-9(10)12/h4-5,7H,6H2,1H3. The normalized spacial score (nSPS) is 8.85. The van der Waals surface area contributed by atoms with Crippen molar-refractivity contribution >= 4 is 27.5 Å². The smallest absolute Gasteiger partial charge is 0.138 e. The van der Waals surface area contributed by atoms with Crippen molar-refractivity contribution < 1.29 is 4.74 Å². The summed E-state index contributed by atoms with van der Waals surface area (Å²) >= 11 is 9.07. The average molecular weight is 260 g/mol. The van der Waals surface area contributed by atoms with Crippen LogP contribution in [0.3, 0.4) is 0 Å². The van der Waals surface area contributed by atoms with Crippen LogP contribution in [-0.2, 0) is 0 Å². The molecule has 0 saturated carbocycles. The number of benzene rings is 1. The summed E-state index contributed by atoms with van der Waals surface area (Å²) in [5, 5.41) is 1.27. The molecule has 0 aliphatic rings. The maximum Gasteiger partial charge on any atom is 0.138 e. The van der Waals surface area contributed by atoms with Crippen LogP contribution in [0.4, 0.5) is 0 Å². The first-order chi connectivity index (χ1) is 6.27. The molecule has 0 aromatic heterocycles. The first-order valence-electron chi connectivity index (χ1n) is 3.66. The molecule has 0 heterocycles. The Balaban J connectivity index is 2.99. The molecule has 0 saturated heterocycles. The van der Waals surface area contributed by atoms with Crippen LogP contribution < -0.4 is 4.74 Å². The molecule has 13 heavy (non-hydrogen) atoms. The van der Waals surface area contributed by atoms with Gasteiger partial charge in [0, 0.05) is 5.56 Å². The van der Waals surface area contributed by atoms with Gasteiger partial charge < -0.3 is 4.74 Å². The Kier molecular flexibility index (Phi) is 4.14. The van der Waals surface area contributed by atoms with Crippen molar-refractivity contribution in [2.24, 2.45) is 0 Å². The molecule has 0 aliphatic heterocycles. The van der Waals surface area contributed by atoms with E-state index in [9.17, 15) is 0 Å². The fourth-order valence-electron chi connectivity index (χ4n) is 0.873. The van der Waals surface area contributed by atoms with Crippen LogP contribution in [0.2, 0.25) is 5.02 Å². The van der Waals surface area contributed by atoms with E-state index in [0.717, 1.165) is 5.56 Å². The Morgan fingerprint density at radius 1 is 1.54 bits per heavy atom. The zero-order chi connectivity index (χ0) is 9.68. The predicted octanol–water partition coefficient (Wildman–Crippen LogP) is 3.10. The van der Waals surface area contributed by atoms with E-state index in [4.69, 9.17) is 16.3 Å². The zero-order valence-electron chi connectivity index (χ0n) is 7.10. The minimum atomic E-state index is 0.604. The van der Waals surface area contributed by atoms with Crippen molar-refractivity contribution in [2.45, 2.75) is 0 Å². The summed E-state index contributed by atoms with van der Waals surface area (Å²) in [6.07, 6.45) is 0. The van der Waals surface area contributed by atoms with Crippen molar-refractivity contribution in [1.29, 1.82) is 0 Å². The van der Waals surface area contributed by atoms with Crippen LogP contribution in [0.25, 0.3) is 0 Å². The van der Waals surface area contributed by atoms with Gasteiger partial charge in [-0.15, -0.1) is 0 Å². The van der Waals surface area contributed by atoms with Crippen molar-refractivity contribution in [1.82, 2.24) is 0 Å². The molecule has 1 aromatic rings. The minimum Gasteiger partial charge on any atom is -0.495 e. The van der Waals surface area contributed by atoms with E-state index in [-0.39, 0.29) is 0 Å². The summed E-state index contributed by atoms with van der Waals surface area (Å²) in [6, 6.07) is 5.46. The van der Waals surface area contributed by atoms with Crippen molar-refractivity contribution in [3.8, 4) is 17.6 Å². The van der Waals surface area contributed by atoms with Crippen molar-refractivity contribution in [3.63, 3.8) is 0 Å². The maximum atomic E-state index is 5.85. The minimum absolute atomic E-state index is 0.604. The Labute approximate surface area is 91.2 Å². The molecule has 1 rings (SSSR count). The van der Waals surface area contributed by atoms with Crippen LogP contribution in [0, 0.1) is 11.8 Å². The van der Waals surface area contributed by atoms with Crippen LogP contribution in [0.1, 0.15) is 5.56 Å². The largest absolute Gasteiger partial charge is 0.495 e. The van der Waals surface area contributed by atoms with Gasteiger partial charge in [0.1, 0.15) is 5.75 Å². The number of hydrogen-bond donors (Lipinski definition) is 0. The van der Waals surface area contributed by atoms with Crippen LogP contribution in [0.15, 0.2) is 18.2 Å². The highest BCUT2D eigenvalue weighted by atomic mass is 79.9. The molecule has 0 spiro atoms. The second-order valence-electron chi connectivity index (χ2n) is 2.28. The Hall–Kier alpha value is -0.650. The quantitative estimate of drug-likeness (QED) is 0.556. The molecule has 0 bridgehead atoms. The van der Waals surface area contributed by atoms with E-state index in [1.165, 1.54) is 0 Å². The molecule has 68 valence electrons. The van der Waals surface area contributed by atoms with Crippen molar-refractivity contribution in [3.05, 3.63) is 28.8 Å². The Bertz CT molecular complexity index is 352. The van der Waals surface area contributed by atoms with Gasteiger partial charge in [0.05, 0.1) is 17.5 Å². The number of alkyl halides is 1. The van der Waals surface area contributed by atoms with Crippen LogP contribution in [-0.4, -0.2) is 12.4 Å². The molecule has 0 N–H and O–H groups in total. The summed E-state index contributed by atoms with van der Waals surface area (Å²) in [4.78, 5) is 0. The summed E-state index contributed by atoms with van der Waals surface area (Å²) in [5.41, 5.74) is 0.903. The first-order valence-corrected chi connectivity index (χ1v) is 5.16. The molecule has 0 fully saturated rings. The maximum absolute atomic E-state index is 5.85. The Morgan fingerprint density at radius 2 is 2.31 bits per heavy atom. The third-order valence-corrected chi connectivity index (χ3v) is 2.04. The molecular weight excluding hydrogens is 251 g/mol. The van der Waals surface area contributed by atoms with Crippen molar-refractivity contribution in [2.75, 3.05) is 12.4 Å². The van der Waals surface area contributed by atoms with Gasteiger partial charge in [-0.2, -0.15) is 0 Å². The van der Waals surface area contributed by atoms with Gasteiger partial charge in [0.15, 0.2) is 0 Å². The molecule has 0 radical (unpaired) electrons. The average Bonchev–Trinajstić information content (AvgIpc) is 2.16. The summed E-state index contributed by atoms with van der Waals surface area (Å²) in [7, 11) is 1.59. The van der Waals surface area contributed by atoms with E-state index >= 15 is 0 Å². The van der Waals surface area contributed by atoms with Crippen LogP contribution in [0.5, 0.6) is 5.75 Å². The van der Waals surface area contributed by atoms with E-state index < -0.39 is 0 Å². The lowest BCUT2D eigenvalue weighted by atomic mass is 10.2. The predicted molar refractivity (Wildman–Crippen MR) is 58.7 cm³/mol. The SMILES string of the molecule is COc1cc(C#CCBr)ccc1Cl. The van der Waals surface area contributed by atoms with Crippen LogP contribution >= 0.6 is 27.5 Å². The van der Waals surface area contributed by atoms with Gasteiger partial charge in [0.2, 0.25) is 0 Å². The molecule has 1 nitrogen and oxygen atoms in total. The number of hydrogen-bond acceptors (Lipinski definition) is 1. The third-order valence-electron chi connectivity index (χ3n) is 1.45. The summed E-state index contributed by atoms with van der Waals surface area (Å²) < 4.78 is 5.05. The highest BCUT2D eigenvalue weighted by Gasteiger charge is 1.99. The molecule has 0 unspecified atom stereocenters. The van der Waals surface area contributed by atoms with E-state index in [0.29, 0.717) is 16.1 Å². The number of ether oxygens (including phenoxy) is 1. The van der Waals surface area contributed by atoms with E-state index in [2.05, 4.69) is 27.8 Å². The fourth-order valence-corrected chi connectivity index (χ4v) is 1.21. The zero-order valence-corrected chi connectivity index (χ0v) is 9.45. The molecule has 0 aliphatic carbocycles. The van der Waals surface area contributed by atoms with Gasteiger partial charge >= 0.3 is 0 Å². The lowest BCUT2D eigenvalue weighted by molar-refractivity contribution is 0.415. The molecule has 0 atom stereocenters. The lowest BCUT2D eigenvalue weighted by Crippen LogP contribution is -1.85. The highest BCUT2D eigenvalue weighted by molar-refractivity contribution is 9.09. The lowest BCUT2D eigenvalue weighted by Gasteiger charge is -2.01. The van der Waals surface area contributed by atoms with Gasteiger partial charge in [0.25, 0.3) is 0 Å². The van der Waals surface area contributed by atoms with E-state index in [1.807, 2.05) is 12.1 Å². The summed E-state index contributed by atoms with van der Waals surface area (Å²) in [5.74, 6) is 6.52. The van der Waals surface area contributed by atoms with Gasteiger partial charge in [-0.05, 0) is 18.2 Å². The fraction of sp³-hybridized carbons (Fsp3) is 0.200. The Morgan fingerprint density at radius 3 is 2.92 bits per heavy atom. The summed E-state index contributed by atoms with van der Waals surface area (Å²) in [6.45, 7) is 0. The number of rotatable bonds is 1. The van der Waals surface area contributed by atoms with E-state index in [1.54, 1.807) is 13.2 Å². The van der Waals surface area contributed by atoms with Gasteiger partial charge in [-0.25, -0.2) is 0 Å². The third kappa shape index (κ3) is 2.95. The second kappa shape index (κ2) is 5.16. The second-order valence-corrected chi connectivity index (χ2v) is 3.25. The highest BCUT2D eigenvalue weighted by Crippen LogP contribution is 2.24. The number of methoxy groups -OCH3 is 1. The molecule has 0 amide bonds.